The molecule has 140 valence electrons. The molecule has 0 aliphatic carbocycles. The summed E-state index contributed by atoms with van der Waals surface area (Å²) >= 11 is 0. The summed E-state index contributed by atoms with van der Waals surface area (Å²) in [4.78, 5) is 25.2. The number of amides is 1. The molecule has 1 saturated heterocycles. The van der Waals surface area contributed by atoms with Crippen molar-refractivity contribution < 1.29 is 4.79 Å². The molecule has 1 N–H and O–H groups in total. The molecule has 0 radical (unpaired) electrons. The van der Waals surface area contributed by atoms with Gasteiger partial charge in [0.25, 0.3) is 0 Å². The van der Waals surface area contributed by atoms with E-state index in [-0.39, 0.29) is 11.9 Å². The third-order valence-electron chi connectivity index (χ3n) is 4.53. The smallest absolute Gasteiger partial charge is 0.234 e. The average molecular weight is 357 g/mol. The van der Waals surface area contributed by atoms with Gasteiger partial charge in [-0.3, -0.25) is 14.4 Å². The van der Waals surface area contributed by atoms with Gasteiger partial charge in [-0.25, -0.2) is 9.97 Å². The van der Waals surface area contributed by atoms with Crippen molar-refractivity contribution in [3.8, 4) is 0 Å². The van der Waals surface area contributed by atoms with Crippen LogP contribution in [0.15, 0.2) is 24.5 Å². The summed E-state index contributed by atoms with van der Waals surface area (Å²) in [5, 5.41) is 7.52. The van der Waals surface area contributed by atoms with Crippen LogP contribution in [0.5, 0.6) is 0 Å². The van der Waals surface area contributed by atoms with Crippen molar-refractivity contribution in [1.29, 1.82) is 0 Å². The molecule has 8 heteroatoms. The quantitative estimate of drug-likeness (QED) is 0.816. The van der Waals surface area contributed by atoms with Crippen LogP contribution in [0.25, 0.3) is 0 Å². The SMILES string of the molecule is Cc1cc(C)n(C[C@@H](C)NC(=O)CN2CCN(c3ncccn3)CC2)n1. The van der Waals surface area contributed by atoms with Crippen molar-refractivity contribution in [2.24, 2.45) is 0 Å². The van der Waals surface area contributed by atoms with Crippen molar-refractivity contribution in [2.75, 3.05) is 37.6 Å². The highest BCUT2D eigenvalue weighted by Gasteiger charge is 2.21. The lowest BCUT2D eigenvalue weighted by molar-refractivity contribution is -0.123. The summed E-state index contributed by atoms with van der Waals surface area (Å²) in [6.07, 6.45) is 3.51. The lowest BCUT2D eigenvalue weighted by Gasteiger charge is -2.34. The Bertz CT molecular complexity index is 722. The maximum absolute atomic E-state index is 12.3. The first-order valence-corrected chi connectivity index (χ1v) is 9.06. The lowest BCUT2D eigenvalue weighted by atomic mass is 10.3. The average Bonchev–Trinajstić information content (AvgIpc) is 2.93. The van der Waals surface area contributed by atoms with Crippen LogP contribution < -0.4 is 10.2 Å². The van der Waals surface area contributed by atoms with Crippen molar-refractivity contribution in [3.05, 3.63) is 35.9 Å². The molecule has 2 aromatic rings. The number of aromatic nitrogens is 4. The maximum atomic E-state index is 12.3. The number of hydrogen-bond acceptors (Lipinski definition) is 6. The topological polar surface area (TPSA) is 79.2 Å². The molecule has 2 aromatic heterocycles. The van der Waals surface area contributed by atoms with Crippen LogP contribution in [-0.4, -0.2) is 69.3 Å². The van der Waals surface area contributed by atoms with E-state index in [2.05, 4.69) is 30.2 Å². The van der Waals surface area contributed by atoms with Gasteiger partial charge < -0.3 is 10.2 Å². The van der Waals surface area contributed by atoms with Crippen molar-refractivity contribution in [3.63, 3.8) is 0 Å². The molecule has 1 aliphatic heterocycles. The zero-order valence-electron chi connectivity index (χ0n) is 15.7. The predicted molar refractivity (Wildman–Crippen MR) is 100.0 cm³/mol. The first-order chi connectivity index (χ1) is 12.5. The summed E-state index contributed by atoms with van der Waals surface area (Å²) in [6.45, 7) is 10.5. The second-order valence-corrected chi connectivity index (χ2v) is 6.89. The normalized spacial score (nSPS) is 16.5. The van der Waals surface area contributed by atoms with E-state index in [1.165, 1.54) is 0 Å². The molecule has 3 heterocycles. The summed E-state index contributed by atoms with van der Waals surface area (Å²) in [5.74, 6) is 0.818. The minimum atomic E-state index is 0.0412. The summed E-state index contributed by atoms with van der Waals surface area (Å²) in [6, 6.07) is 3.90. The molecule has 0 unspecified atom stereocenters. The number of hydrogen-bond donors (Lipinski definition) is 1. The van der Waals surface area contributed by atoms with Crippen molar-refractivity contribution in [1.82, 2.24) is 30.0 Å². The monoisotopic (exact) mass is 357 g/mol. The van der Waals surface area contributed by atoms with Crippen LogP contribution in [0.1, 0.15) is 18.3 Å². The molecule has 0 bridgehead atoms. The van der Waals surface area contributed by atoms with Crippen LogP contribution in [0.3, 0.4) is 0 Å². The zero-order valence-corrected chi connectivity index (χ0v) is 15.7. The van der Waals surface area contributed by atoms with Gasteiger partial charge in [-0.05, 0) is 32.9 Å². The van der Waals surface area contributed by atoms with E-state index in [9.17, 15) is 4.79 Å². The van der Waals surface area contributed by atoms with Crippen molar-refractivity contribution >= 4 is 11.9 Å². The van der Waals surface area contributed by atoms with E-state index in [1.807, 2.05) is 37.6 Å². The molecular weight excluding hydrogens is 330 g/mol. The maximum Gasteiger partial charge on any atom is 0.234 e. The standard InChI is InChI=1S/C18H27N7O/c1-14-11-16(3)25(22-14)12-15(2)21-17(26)13-23-7-9-24(10-8-23)18-19-5-4-6-20-18/h4-6,11,15H,7-10,12-13H2,1-3H3,(H,21,26)/t15-/m1/s1. The summed E-state index contributed by atoms with van der Waals surface area (Å²) < 4.78 is 1.94. The Morgan fingerprint density at radius 2 is 1.88 bits per heavy atom. The fourth-order valence-electron chi connectivity index (χ4n) is 3.25. The fourth-order valence-corrected chi connectivity index (χ4v) is 3.25. The van der Waals surface area contributed by atoms with Crippen LogP contribution in [0.2, 0.25) is 0 Å². The molecule has 0 aromatic carbocycles. The van der Waals surface area contributed by atoms with E-state index in [0.29, 0.717) is 13.1 Å². The van der Waals surface area contributed by atoms with Crippen LogP contribution in [0.4, 0.5) is 5.95 Å². The number of carbonyl (C=O) groups is 1. The van der Waals surface area contributed by atoms with Gasteiger partial charge in [0.2, 0.25) is 11.9 Å². The van der Waals surface area contributed by atoms with Gasteiger partial charge in [0.05, 0.1) is 18.8 Å². The summed E-state index contributed by atoms with van der Waals surface area (Å²) in [7, 11) is 0. The zero-order chi connectivity index (χ0) is 18.5. The number of rotatable bonds is 6. The van der Waals surface area contributed by atoms with Gasteiger partial charge in [0.15, 0.2) is 0 Å². The molecule has 1 aliphatic rings. The van der Waals surface area contributed by atoms with Crippen LogP contribution in [0, 0.1) is 13.8 Å². The molecule has 26 heavy (non-hydrogen) atoms. The predicted octanol–water partition coefficient (Wildman–Crippen LogP) is 0.617. The molecule has 0 saturated carbocycles. The Balaban J connectivity index is 1.42. The van der Waals surface area contributed by atoms with E-state index in [0.717, 1.165) is 43.5 Å². The second-order valence-electron chi connectivity index (χ2n) is 6.89. The Morgan fingerprint density at radius 1 is 1.19 bits per heavy atom. The summed E-state index contributed by atoms with van der Waals surface area (Å²) in [5.41, 5.74) is 2.11. The van der Waals surface area contributed by atoms with E-state index < -0.39 is 0 Å². The number of nitrogens with zero attached hydrogens (tertiary/aromatic N) is 6. The molecule has 1 amide bonds. The van der Waals surface area contributed by atoms with Crippen LogP contribution >= 0.6 is 0 Å². The van der Waals surface area contributed by atoms with E-state index in [1.54, 1.807) is 12.4 Å². The molecule has 3 rings (SSSR count). The highest BCUT2D eigenvalue weighted by atomic mass is 16.2. The lowest BCUT2D eigenvalue weighted by Crippen LogP contribution is -2.51. The van der Waals surface area contributed by atoms with E-state index >= 15 is 0 Å². The minimum Gasteiger partial charge on any atom is -0.351 e. The molecule has 8 nitrogen and oxygen atoms in total. The van der Waals surface area contributed by atoms with Gasteiger partial charge in [-0.2, -0.15) is 5.10 Å². The molecule has 1 atom stereocenters. The molecular formula is C18H27N7O. The number of anilines is 1. The Kier molecular flexibility index (Phi) is 5.82. The highest BCUT2D eigenvalue weighted by Crippen LogP contribution is 2.09. The van der Waals surface area contributed by atoms with Crippen molar-refractivity contribution in [2.45, 2.75) is 33.4 Å². The largest absolute Gasteiger partial charge is 0.351 e. The van der Waals surface area contributed by atoms with Gasteiger partial charge in [0, 0.05) is 50.3 Å². The van der Waals surface area contributed by atoms with Gasteiger partial charge >= 0.3 is 0 Å². The first-order valence-electron chi connectivity index (χ1n) is 9.06. The minimum absolute atomic E-state index is 0.0412. The Labute approximate surface area is 154 Å². The number of nitrogens with one attached hydrogen (secondary N) is 1. The van der Waals surface area contributed by atoms with Gasteiger partial charge in [-0.1, -0.05) is 0 Å². The Hall–Kier alpha value is -2.48. The second kappa shape index (κ2) is 8.27. The fraction of sp³-hybridized carbons (Fsp3) is 0.556. The number of carbonyl (C=O) groups excluding carboxylic acids is 1. The van der Waals surface area contributed by atoms with Crippen LogP contribution in [-0.2, 0) is 11.3 Å². The molecule has 1 fully saturated rings. The third kappa shape index (κ3) is 4.78. The highest BCUT2D eigenvalue weighted by molar-refractivity contribution is 5.78. The molecule has 0 spiro atoms. The third-order valence-corrected chi connectivity index (χ3v) is 4.53. The Morgan fingerprint density at radius 3 is 2.50 bits per heavy atom. The number of piperazine rings is 1. The van der Waals surface area contributed by atoms with Gasteiger partial charge in [-0.15, -0.1) is 0 Å². The van der Waals surface area contributed by atoms with E-state index in [4.69, 9.17) is 0 Å². The first kappa shape index (κ1) is 18.3. The number of aryl methyl sites for hydroxylation is 2. The van der Waals surface area contributed by atoms with Gasteiger partial charge in [0.1, 0.15) is 0 Å².